The van der Waals surface area contributed by atoms with E-state index in [0.717, 1.165) is 19.4 Å². The van der Waals surface area contributed by atoms with E-state index in [4.69, 9.17) is 0 Å². The number of amides is 2. The number of rotatable bonds is 3. The van der Waals surface area contributed by atoms with Crippen molar-refractivity contribution in [3.8, 4) is 0 Å². The van der Waals surface area contributed by atoms with Crippen LogP contribution in [0.4, 0.5) is 4.79 Å². The first-order chi connectivity index (χ1) is 5.45. The van der Waals surface area contributed by atoms with Crippen LogP contribution in [-0.2, 0) is 0 Å². The van der Waals surface area contributed by atoms with Crippen LogP contribution in [0, 0.1) is 5.41 Å². The van der Waals surface area contributed by atoms with Gasteiger partial charge in [-0.05, 0) is 18.3 Å². The zero-order valence-electron chi connectivity index (χ0n) is 8.53. The van der Waals surface area contributed by atoms with Gasteiger partial charge in [-0.25, -0.2) is 4.79 Å². The molecule has 0 spiro atoms. The Bertz CT molecular complexity index is 138. The van der Waals surface area contributed by atoms with Gasteiger partial charge in [-0.3, -0.25) is 0 Å². The largest absolute Gasteiger partial charge is 0.341 e. The molecule has 0 heterocycles. The first-order valence-corrected chi connectivity index (χ1v) is 4.41. The Morgan fingerprint density at radius 1 is 1.33 bits per heavy atom. The molecule has 0 radical (unpaired) electrons. The zero-order valence-corrected chi connectivity index (χ0v) is 8.53. The molecule has 0 aromatic carbocycles. The smallest absolute Gasteiger partial charge is 0.314 e. The molecule has 0 saturated heterocycles. The van der Waals surface area contributed by atoms with Crippen molar-refractivity contribution in [3.05, 3.63) is 0 Å². The van der Waals surface area contributed by atoms with Gasteiger partial charge >= 0.3 is 6.03 Å². The quantitative estimate of drug-likeness (QED) is 0.625. The maximum Gasteiger partial charge on any atom is 0.314 e. The summed E-state index contributed by atoms with van der Waals surface area (Å²) in [6, 6.07) is -0.0936. The Hall–Kier alpha value is -0.730. The maximum absolute atomic E-state index is 10.7. The lowest BCUT2D eigenvalue weighted by Crippen LogP contribution is -2.33. The van der Waals surface area contributed by atoms with E-state index in [1.807, 2.05) is 0 Å². The minimum Gasteiger partial charge on any atom is -0.341 e. The molecule has 0 aliphatic heterocycles. The summed E-state index contributed by atoms with van der Waals surface area (Å²) in [4.78, 5) is 10.7. The van der Waals surface area contributed by atoms with Crippen LogP contribution in [-0.4, -0.2) is 19.6 Å². The summed E-state index contributed by atoms with van der Waals surface area (Å²) in [5.74, 6) is 0. The van der Waals surface area contributed by atoms with Crippen molar-refractivity contribution in [3.63, 3.8) is 0 Å². The number of hydrogen-bond acceptors (Lipinski definition) is 1. The second-order valence-corrected chi connectivity index (χ2v) is 4.17. The highest BCUT2D eigenvalue weighted by Gasteiger charge is 2.08. The van der Waals surface area contributed by atoms with Crippen LogP contribution in [0.2, 0.25) is 0 Å². The highest BCUT2D eigenvalue weighted by atomic mass is 16.2. The first kappa shape index (κ1) is 11.3. The molecule has 12 heavy (non-hydrogen) atoms. The third-order valence-corrected chi connectivity index (χ3v) is 1.62. The van der Waals surface area contributed by atoms with Gasteiger partial charge in [-0.2, -0.15) is 0 Å². The summed E-state index contributed by atoms with van der Waals surface area (Å²) < 4.78 is 0. The monoisotopic (exact) mass is 172 g/mol. The number of hydrogen-bond donors (Lipinski definition) is 2. The highest BCUT2D eigenvalue weighted by Crippen LogP contribution is 2.19. The van der Waals surface area contributed by atoms with Crippen molar-refractivity contribution < 1.29 is 4.79 Å². The molecule has 0 atom stereocenters. The number of nitrogens with one attached hydrogen (secondary N) is 2. The normalized spacial score (nSPS) is 11.0. The van der Waals surface area contributed by atoms with Gasteiger partial charge in [-0.1, -0.05) is 20.8 Å². The minimum absolute atomic E-state index is 0.0936. The van der Waals surface area contributed by atoms with E-state index in [-0.39, 0.29) is 6.03 Å². The Morgan fingerprint density at radius 3 is 2.33 bits per heavy atom. The fourth-order valence-corrected chi connectivity index (χ4v) is 0.909. The molecule has 3 nitrogen and oxygen atoms in total. The lowest BCUT2D eigenvalue weighted by molar-refractivity contribution is 0.242. The average molecular weight is 172 g/mol. The second-order valence-electron chi connectivity index (χ2n) is 4.17. The Morgan fingerprint density at radius 2 is 1.92 bits per heavy atom. The van der Waals surface area contributed by atoms with Gasteiger partial charge in [-0.15, -0.1) is 0 Å². The van der Waals surface area contributed by atoms with Crippen molar-refractivity contribution in [2.24, 2.45) is 5.41 Å². The Balaban J connectivity index is 3.28. The minimum atomic E-state index is -0.0936. The fourth-order valence-electron chi connectivity index (χ4n) is 0.909. The molecular weight excluding hydrogens is 152 g/mol. The summed E-state index contributed by atoms with van der Waals surface area (Å²) in [5, 5.41) is 5.27. The summed E-state index contributed by atoms with van der Waals surface area (Å²) in [6.07, 6.45) is 2.17. The van der Waals surface area contributed by atoms with E-state index in [1.54, 1.807) is 7.05 Å². The van der Waals surface area contributed by atoms with Crippen LogP contribution in [0.15, 0.2) is 0 Å². The van der Waals surface area contributed by atoms with E-state index in [2.05, 4.69) is 31.4 Å². The number of carbonyl (C=O) groups is 1. The molecule has 0 fully saturated rings. The van der Waals surface area contributed by atoms with E-state index in [9.17, 15) is 4.79 Å². The second kappa shape index (κ2) is 5.01. The molecule has 0 rings (SSSR count). The SMILES string of the molecule is CNC(=O)NCCCC(C)(C)C. The Labute approximate surface area is 74.9 Å². The molecule has 0 aromatic rings. The van der Waals surface area contributed by atoms with Crippen molar-refractivity contribution in [2.75, 3.05) is 13.6 Å². The molecule has 3 heteroatoms. The van der Waals surface area contributed by atoms with Gasteiger partial charge in [0.1, 0.15) is 0 Å². The standard InChI is InChI=1S/C9H20N2O/c1-9(2,3)6-5-7-11-8(12)10-4/h5-7H2,1-4H3,(H2,10,11,12). The maximum atomic E-state index is 10.7. The number of carbonyl (C=O) groups excluding carboxylic acids is 1. The third kappa shape index (κ3) is 7.38. The Kier molecular flexibility index (Phi) is 4.71. The average Bonchev–Trinajstić information content (AvgIpc) is 1.96. The van der Waals surface area contributed by atoms with E-state index in [0.29, 0.717) is 5.41 Å². The van der Waals surface area contributed by atoms with Crippen molar-refractivity contribution in [1.82, 2.24) is 10.6 Å². The predicted molar refractivity (Wildman–Crippen MR) is 51.1 cm³/mol. The van der Waals surface area contributed by atoms with Crippen LogP contribution in [0.25, 0.3) is 0 Å². The molecule has 0 aromatic heterocycles. The number of urea groups is 1. The van der Waals surface area contributed by atoms with Crippen molar-refractivity contribution in [1.29, 1.82) is 0 Å². The lowest BCUT2D eigenvalue weighted by atomic mass is 9.91. The molecule has 2 amide bonds. The summed E-state index contributed by atoms with van der Waals surface area (Å²) >= 11 is 0. The predicted octanol–water partition coefficient (Wildman–Crippen LogP) is 1.74. The molecule has 0 bridgehead atoms. The van der Waals surface area contributed by atoms with E-state index < -0.39 is 0 Å². The third-order valence-electron chi connectivity index (χ3n) is 1.62. The molecule has 2 N–H and O–H groups in total. The fraction of sp³-hybridized carbons (Fsp3) is 0.889. The van der Waals surface area contributed by atoms with Crippen LogP contribution < -0.4 is 10.6 Å². The van der Waals surface area contributed by atoms with Crippen molar-refractivity contribution in [2.45, 2.75) is 33.6 Å². The molecule has 0 saturated carbocycles. The van der Waals surface area contributed by atoms with E-state index >= 15 is 0 Å². The van der Waals surface area contributed by atoms with Gasteiger partial charge in [0, 0.05) is 13.6 Å². The lowest BCUT2D eigenvalue weighted by Gasteiger charge is -2.17. The first-order valence-electron chi connectivity index (χ1n) is 4.41. The molecule has 0 aliphatic carbocycles. The van der Waals surface area contributed by atoms with E-state index in [1.165, 1.54) is 0 Å². The zero-order chi connectivity index (χ0) is 9.61. The molecule has 0 unspecified atom stereocenters. The van der Waals surface area contributed by atoms with Gasteiger partial charge in [0.2, 0.25) is 0 Å². The summed E-state index contributed by atoms with van der Waals surface area (Å²) in [5.41, 5.74) is 0.365. The topological polar surface area (TPSA) is 41.1 Å². The van der Waals surface area contributed by atoms with Gasteiger partial charge in [0.25, 0.3) is 0 Å². The highest BCUT2D eigenvalue weighted by molar-refractivity contribution is 5.73. The van der Waals surface area contributed by atoms with Gasteiger partial charge < -0.3 is 10.6 Å². The molecule has 72 valence electrons. The molecular formula is C9H20N2O. The molecule has 0 aliphatic rings. The van der Waals surface area contributed by atoms with Gasteiger partial charge in [0.05, 0.1) is 0 Å². The van der Waals surface area contributed by atoms with Crippen LogP contribution >= 0.6 is 0 Å². The van der Waals surface area contributed by atoms with Crippen molar-refractivity contribution >= 4 is 6.03 Å². The van der Waals surface area contributed by atoms with Crippen LogP contribution in [0.1, 0.15) is 33.6 Å². The summed E-state index contributed by atoms with van der Waals surface area (Å²) in [7, 11) is 1.62. The van der Waals surface area contributed by atoms with Crippen LogP contribution in [0.5, 0.6) is 0 Å². The van der Waals surface area contributed by atoms with Crippen LogP contribution in [0.3, 0.4) is 0 Å². The summed E-state index contributed by atoms with van der Waals surface area (Å²) in [6.45, 7) is 7.36. The van der Waals surface area contributed by atoms with Gasteiger partial charge in [0.15, 0.2) is 0 Å².